The monoisotopic (exact) mass is 1200 g/mol. The molecule has 352 valence electrons. The van der Waals surface area contributed by atoms with Crippen LogP contribution in [0.15, 0.2) is 87.5 Å². The molecule has 0 spiro atoms. The molecular formula is C41H66Br3KN2O9S6. The molecule has 0 amide bonds. The predicted octanol–water partition coefficient (Wildman–Crippen LogP) is 5.98. The second-order valence-electron chi connectivity index (χ2n) is 12.7. The first-order valence-electron chi connectivity index (χ1n) is 19.3. The van der Waals surface area contributed by atoms with Crippen LogP contribution in [0.5, 0.6) is 0 Å². The molecule has 3 aromatic rings. The third-order valence-corrected chi connectivity index (χ3v) is 17.9. The van der Waals surface area contributed by atoms with Crippen LogP contribution in [0.1, 0.15) is 50.3 Å². The molecule has 5 rings (SSSR count). The number of hydrogen-bond acceptors (Lipinski definition) is 14. The van der Waals surface area contributed by atoms with Crippen molar-refractivity contribution in [3.8, 4) is 0 Å². The van der Waals surface area contributed by atoms with Gasteiger partial charge in [-0.1, -0.05) is 108 Å². The van der Waals surface area contributed by atoms with Crippen molar-refractivity contribution < 1.29 is 91.2 Å². The van der Waals surface area contributed by atoms with E-state index in [1.807, 2.05) is 45.0 Å². The second kappa shape index (κ2) is 41.4. The molecule has 0 radical (unpaired) electrons. The Balaban J connectivity index is -0.000000735. The fraction of sp³-hybridized carbons (Fsp3) is 0.561. The zero-order chi connectivity index (χ0) is 45.3. The number of benzene rings is 3. The van der Waals surface area contributed by atoms with Crippen LogP contribution in [-0.2, 0) is 47.7 Å². The quantitative estimate of drug-likeness (QED) is 0.0639. The van der Waals surface area contributed by atoms with Crippen LogP contribution < -0.4 is 56.7 Å². The molecule has 2 fully saturated rings. The molecule has 2 N–H and O–H groups in total. The van der Waals surface area contributed by atoms with Gasteiger partial charge in [0.1, 0.15) is 0 Å². The summed E-state index contributed by atoms with van der Waals surface area (Å²) >= 11 is 14.1. The standard InChI is InChI=1S/C14H21NO3S2.C10H13BrO2S2.C7H8O2S2.C4H9NO.C3H6Br2.C2H6O.CH4.K/c1-13-3-5-14(6-4-13)20(16,17)19-12-2-7-15-8-10-18-11-9-15;1-9-3-5-10(6-4-9)15(12,13)14-8-2-7-11;1-6-2-4-7(5-3-6)11(8,9)10;1-3-6-4-2-5-1;4-2-1-3-5;1-2-3;;/h3-6H,2,7-12H2,1H3;3-6H,2,7-8H2,1H3;2-5H,1H3,(H,8,9,10);5H,1-4H2;1-3H2;3H,2H2,1H3;1H4;/q;;;;;;;+1/p-1. The van der Waals surface area contributed by atoms with Gasteiger partial charge in [0, 0.05) is 65.2 Å². The van der Waals surface area contributed by atoms with Crippen molar-refractivity contribution in [3.05, 3.63) is 89.5 Å². The fourth-order valence-corrected chi connectivity index (χ4v) is 12.8. The molecule has 0 atom stereocenters. The normalized spacial score (nSPS) is 13.7. The Labute approximate surface area is 454 Å². The molecular weight excluding hydrogens is 1140 g/mol. The number of ether oxygens (including phenoxy) is 2. The molecule has 2 heterocycles. The summed E-state index contributed by atoms with van der Waals surface area (Å²) in [5, 5.41) is 13.8. The topological polar surface area (TPSA) is 156 Å². The van der Waals surface area contributed by atoms with E-state index in [0.29, 0.717) is 21.3 Å². The maximum atomic E-state index is 12.1. The molecule has 2 aliphatic heterocycles. The van der Waals surface area contributed by atoms with E-state index in [1.165, 1.54) is 18.6 Å². The van der Waals surface area contributed by atoms with Crippen molar-refractivity contribution in [2.24, 2.45) is 0 Å². The van der Waals surface area contributed by atoms with Crippen LogP contribution >= 0.6 is 69.4 Å². The molecule has 0 saturated carbocycles. The summed E-state index contributed by atoms with van der Waals surface area (Å²) in [6, 6.07) is 20.4. The average Bonchev–Trinajstić information content (AvgIpc) is 3.22. The van der Waals surface area contributed by atoms with Gasteiger partial charge in [-0.15, -0.1) is 0 Å². The fourth-order valence-electron chi connectivity index (χ4n) is 4.32. The number of hydrogen-bond donors (Lipinski definition) is 2. The van der Waals surface area contributed by atoms with Gasteiger partial charge in [-0.25, -0.2) is 25.3 Å². The Morgan fingerprint density at radius 3 is 1.26 bits per heavy atom. The van der Waals surface area contributed by atoms with Gasteiger partial charge in [0.05, 0.1) is 45.1 Å². The van der Waals surface area contributed by atoms with Crippen molar-refractivity contribution in [3.63, 3.8) is 0 Å². The molecule has 21 heteroatoms. The van der Waals surface area contributed by atoms with Gasteiger partial charge in [0.2, 0.25) is 17.7 Å². The Morgan fingerprint density at radius 2 is 0.968 bits per heavy atom. The summed E-state index contributed by atoms with van der Waals surface area (Å²) < 4.78 is 79.6. The van der Waals surface area contributed by atoms with E-state index in [4.69, 9.17) is 14.6 Å². The average molecular weight is 1200 g/mol. The number of alkyl halides is 3. The summed E-state index contributed by atoms with van der Waals surface area (Å²) in [5.74, 6) is 1.26. The maximum Gasteiger partial charge on any atom is 1.00 e. The van der Waals surface area contributed by atoms with Gasteiger partial charge in [-0.05, 0) is 111 Å². The Kier molecular flexibility index (Phi) is 45.2. The molecule has 3 aromatic carbocycles. The smallest absolute Gasteiger partial charge is 0.644 e. The summed E-state index contributed by atoms with van der Waals surface area (Å²) in [7, 11) is -7.75. The van der Waals surface area contributed by atoms with Crippen molar-refractivity contribution in [1.29, 1.82) is 0 Å². The van der Waals surface area contributed by atoms with Crippen LogP contribution in [0.3, 0.4) is 0 Å². The Bertz CT molecular complexity index is 1830. The van der Waals surface area contributed by atoms with Crippen LogP contribution in [0.25, 0.3) is 0 Å². The largest absolute Gasteiger partial charge is 1.00 e. The van der Waals surface area contributed by atoms with E-state index >= 15 is 0 Å². The number of rotatable bonds is 14. The van der Waals surface area contributed by atoms with Gasteiger partial charge in [-0.2, -0.15) is 0 Å². The molecule has 62 heavy (non-hydrogen) atoms. The molecule has 0 bridgehead atoms. The number of morpholine rings is 2. The van der Waals surface area contributed by atoms with E-state index in [9.17, 15) is 25.3 Å². The minimum absolute atomic E-state index is 0. The number of nitrogens with one attached hydrogen (secondary N) is 1. The van der Waals surface area contributed by atoms with Gasteiger partial charge in [0.15, 0.2) is 0 Å². The summed E-state index contributed by atoms with van der Waals surface area (Å²) in [4.78, 5) is 3.31. The zero-order valence-electron chi connectivity index (χ0n) is 35.9. The first kappa shape index (κ1) is 67.7. The van der Waals surface area contributed by atoms with Gasteiger partial charge in [0.25, 0.3) is 0 Å². The Morgan fingerprint density at radius 1 is 0.629 bits per heavy atom. The van der Waals surface area contributed by atoms with Gasteiger partial charge in [-0.3, -0.25) is 4.90 Å². The van der Waals surface area contributed by atoms with Crippen LogP contribution in [0, 0.1) is 20.8 Å². The summed E-state index contributed by atoms with van der Waals surface area (Å²) in [5.41, 5.74) is 3.16. The minimum atomic E-state index is -3.44. The van der Waals surface area contributed by atoms with Crippen molar-refractivity contribution >= 4 is 108 Å². The molecule has 0 aromatic heterocycles. The third-order valence-electron chi connectivity index (χ3n) is 7.52. The minimum Gasteiger partial charge on any atom is -0.644 e. The number of aliphatic hydroxyl groups is 1. The van der Waals surface area contributed by atoms with Gasteiger partial charge < -0.3 is 31.6 Å². The molecule has 2 saturated heterocycles. The second-order valence-corrected chi connectivity index (χ2v) is 25.9. The predicted molar refractivity (Wildman–Crippen MR) is 273 cm³/mol. The van der Waals surface area contributed by atoms with Crippen molar-refractivity contribution in [1.82, 2.24) is 10.2 Å². The molecule has 11 nitrogen and oxygen atoms in total. The maximum absolute atomic E-state index is 12.1. The van der Waals surface area contributed by atoms with E-state index in [2.05, 4.69) is 69.7 Å². The SMILES string of the molecule is BrCCCBr.C.C1COCCN1.CCO.Cc1ccc(S(=O)(=O)SCCCBr)cc1.Cc1ccc(S(=O)(=O)SCCCN2CCOCC2)cc1.Cc1ccc(S(=O)(=O)[S-])cc1.[K+]. The van der Waals surface area contributed by atoms with Crippen LogP contribution in [0.2, 0.25) is 0 Å². The summed E-state index contributed by atoms with van der Waals surface area (Å²) in [6.07, 6.45) is 2.96. The number of aryl methyl sites for hydroxylation is 3. The third kappa shape index (κ3) is 35.6. The summed E-state index contributed by atoms with van der Waals surface area (Å²) in [6.45, 7) is 16.0. The number of nitrogens with zero attached hydrogens (tertiary/aromatic N) is 1. The molecule has 0 aliphatic carbocycles. The number of aliphatic hydroxyl groups excluding tert-OH is 1. The van der Waals surface area contributed by atoms with Crippen molar-refractivity contribution in [2.45, 2.75) is 69.1 Å². The molecule has 0 unspecified atom stereocenters. The number of halogens is 3. The Hall–Kier alpha value is 1.44. The van der Waals surface area contributed by atoms with Crippen LogP contribution in [0.4, 0.5) is 0 Å². The van der Waals surface area contributed by atoms with E-state index in [0.717, 1.165) is 126 Å². The zero-order valence-corrected chi connectivity index (χ0v) is 48.7. The van der Waals surface area contributed by atoms with E-state index < -0.39 is 26.6 Å². The van der Waals surface area contributed by atoms with Gasteiger partial charge >= 0.3 is 51.4 Å². The molecule has 2 aliphatic rings. The first-order chi connectivity index (χ1) is 28.5. The first-order valence-corrected chi connectivity index (χ1v) is 31.0. The van der Waals surface area contributed by atoms with Crippen LogP contribution in [-0.4, -0.2) is 129 Å². The van der Waals surface area contributed by atoms with E-state index in [-0.39, 0.29) is 70.3 Å². The van der Waals surface area contributed by atoms with E-state index in [1.54, 1.807) is 43.3 Å². The van der Waals surface area contributed by atoms with Crippen molar-refractivity contribution in [2.75, 3.05) is 93.3 Å².